The third kappa shape index (κ3) is 64.0. The number of rotatable bonds is 68. The number of hydrogen-bond donors (Lipinski definition) is 3. The largest absolute Gasteiger partial charge is 0.394 e. The molecule has 3 N–H and O–H groups in total. The second kappa shape index (κ2) is 68.4. The fourth-order valence-corrected chi connectivity index (χ4v) is 11.8. The van der Waals surface area contributed by atoms with E-state index in [1.165, 1.54) is 379 Å². The van der Waals surface area contributed by atoms with E-state index < -0.39 is 12.1 Å². The van der Waals surface area contributed by atoms with Gasteiger partial charge in [0.05, 0.1) is 18.8 Å². The Morgan fingerprint density at radius 1 is 0.303 bits per heavy atom. The fourth-order valence-electron chi connectivity index (χ4n) is 11.8. The van der Waals surface area contributed by atoms with Crippen molar-refractivity contribution >= 4 is 5.91 Å². The van der Waals surface area contributed by atoms with Crippen LogP contribution in [0.15, 0.2) is 12.2 Å². The smallest absolute Gasteiger partial charge is 0.220 e. The first kappa shape index (κ1) is 75.1. The van der Waals surface area contributed by atoms with E-state index in [2.05, 4.69) is 19.2 Å². The van der Waals surface area contributed by atoms with Gasteiger partial charge in [0.25, 0.3) is 0 Å². The lowest BCUT2D eigenvalue weighted by Gasteiger charge is -2.20. The first-order chi connectivity index (χ1) is 37.7. The molecule has 0 heterocycles. The number of carbonyl (C=O) groups excluding carboxylic acids is 1. The molecule has 0 aliphatic carbocycles. The number of carbonyl (C=O) groups is 1. The molecular formula is C72H143NO3. The highest BCUT2D eigenvalue weighted by Gasteiger charge is 2.18. The van der Waals surface area contributed by atoms with Crippen molar-refractivity contribution in [1.29, 1.82) is 0 Å². The molecule has 2 atom stereocenters. The molecule has 454 valence electrons. The average molecular weight is 1070 g/mol. The zero-order valence-electron chi connectivity index (χ0n) is 52.6. The van der Waals surface area contributed by atoms with Crippen LogP contribution in [-0.2, 0) is 4.79 Å². The minimum absolute atomic E-state index is 0.0530. The first-order valence-electron chi connectivity index (χ1n) is 35.9. The summed E-state index contributed by atoms with van der Waals surface area (Å²) in [7, 11) is 0. The van der Waals surface area contributed by atoms with Gasteiger partial charge in [0.15, 0.2) is 0 Å². The van der Waals surface area contributed by atoms with E-state index >= 15 is 0 Å². The SMILES string of the molecule is CCCCCCCCCCCCCCCCCCCCCCCC/C=C/[C@H](O)[C@H](CO)NC(=O)CCCCCCCCCCCCCCCCCCCCCCCCCCCCCCCCCCCCCCCCCC. The second-order valence-electron chi connectivity index (χ2n) is 25.0. The van der Waals surface area contributed by atoms with E-state index in [1.807, 2.05) is 6.08 Å². The molecule has 4 heteroatoms. The lowest BCUT2D eigenvalue weighted by molar-refractivity contribution is -0.123. The van der Waals surface area contributed by atoms with Crippen molar-refractivity contribution in [3.05, 3.63) is 12.2 Å². The van der Waals surface area contributed by atoms with E-state index in [0.29, 0.717) is 6.42 Å². The van der Waals surface area contributed by atoms with Gasteiger partial charge in [-0.15, -0.1) is 0 Å². The number of unbranched alkanes of at least 4 members (excludes halogenated alkanes) is 61. The molecule has 0 unspecified atom stereocenters. The van der Waals surface area contributed by atoms with Gasteiger partial charge < -0.3 is 15.5 Å². The molecule has 4 nitrogen and oxygen atoms in total. The Morgan fingerprint density at radius 3 is 0.684 bits per heavy atom. The van der Waals surface area contributed by atoms with Gasteiger partial charge in [0.2, 0.25) is 5.91 Å². The molecule has 0 aliphatic rings. The van der Waals surface area contributed by atoms with Crippen LogP contribution in [0.1, 0.15) is 425 Å². The van der Waals surface area contributed by atoms with Crippen LogP contribution in [-0.4, -0.2) is 34.9 Å². The van der Waals surface area contributed by atoms with Gasteiger partial charge in [-0.05, 0) is 19.3 Å². The topological polar surface area (TPSA) is 69.6 Å². The first-order valence-corrected chi connectivity index (χ1v) is 35.9. The van der Waals surface area contributed by atoms with Crippen LogP contribution >= 0.6 is 0 Å². The average Bonchev–Trinajstić information content (AvgIpc) is 3.42. The molecule has 0 saturated carbocycles. The van der Waals surface area contributed by atoms with Crippen LogP contribution in [0.2, 0.25) is 0 Å². The maximum atomic E-state index is 12.5. The van der Waals surface area contributed by atoms with Gasteiger partial charge in [0, 0.05) is 6.42 Å². The number of amides is 1. The summed E-state index contributed by atoms with van der Waals surface area (Å²) >= 11 is 0. The number of aliphatic hydroxyl groups excluding tert-OH is 2. The maximum absolute atomic E-state index is 12.5. The third-order valence-corrected chi connectivity index (χ3v) is 17.3. The summed E-state index contributed by atoms with van der Waals surface area (Å²) in [5, 5.41) is 23.3. The van der Waals surface area contributed by atoms with Crippen LogP contribution in [0.3, 0.4) is 0 Å². The van der Waals surface area contributed by atoms with Crippen molar-refractivity contribution in [1.82, 2.24) is 5.32 Å². The molecule has 0 fully saturated rings. The van der Waals surface area contributed by atoms with Gasteiger partial charge in [-0.1, -0.05) is 411 Å². The zero-order chi connectivity index (χ0) is 54.8. The van der Waals surface area contributed by atoms with Crippen molar-refractivity contribution in [2.75, 3.05) is 6.61 Å². The Morgan fingerprint density at radius 2 is 0.487 bits per heavy atom. The molecule has 0 rings (SSSR count). The Labute approximate surface area is 479 Å². The lowest BCUT2D eigenvalue weighted by Crippen LogP contribution is -2.45. The summed E-state index contributed by atoms with van der Waals surface area (Å²) in [6.07, 6.45) is 91.8. The standard InChI is InChI=1S/C72H143NO3/c1-3-5-7-9-11-13-15-17-19-21-23-25-27-29-30-31-32-33-34-35-36-37-38-39-40-41-42-43-44-46-48-50-52-54-56-58-60-62-64-66-68-72(76)73-70(69-74)71(75)67-65-63-61-59-57-55-53-51-49-47-45-28-26-24-22-20-18-16-14-12-10-8-6-4-2/h65,67,70-71,74-75H,3-64,66,68-69H2,1-2H3,(H,73,76)/b67-65+/t70-,71-/m0/s1. The Bertz CT molecular complexity index is 1080. The summed E-state index contributed by atoms with van der Waals surface area (Å²) in [5.74, 6) is -0.0530. The predicted octanol–water partition coefficient (Wildman–Crippen LogP) is 24.4. The molecule has 76 heavy (non-hydrogen) atoms. The van der Waals surface area contributed by atoms with E-state index in [9.17, 15) is 15.0 Å². The van der Waals surface area contributed by atoms with E-state index in [0.717, 1.165) is 25.7 Å². The van der Waals surface area contributed by atoms with Gasteiger partial charge in [-0.25, -0.2) is 0 Å². The molecule has 0 bridgehead atoms. The summed E-state index contributed by atoms with van der Waals surface area (Å²) in [6, 6.07) is -0.620. The van der Waals surface area contributed by atoms with Crippen molar-refractivity contribution in [3.63, 3.8) is 0 Å². The number of allylic oxidation sites excluding steroid dienone is 1. The van der Waals surface area contributed by atoms with Crippen LogP contribution in [0.5, 0.6) is 0 Å². The van der Waals surface area contributed by atoms with Gasteiger partial charge >= 0.3 is 0 Å². The Hall–Kier alpha value is -0.870. The number of aliphatic hydroxyl groups is 2. The predicted molar refractivity (Wildman–Crippen MR) is 341 cm³/mol. The lowest BCUT2D eigenvalue weighted by atomic mass is 10.0. The van der Waals surface area contributed by atoms with E-state index in [1.54, 1.807) is 6.08 Å². The summed E-state index contributed by atoms with van der Waals surface area (Å²) < 4.78 is 0. The minimum Gasteiger partial charge on any atom is -0.394 e. The van der Waals surface area contributed by atoms with Crippen LogP contribution in [0.25, 0.3) is 0 Å². The Balaban J connectivity index is 3.36. The highest BCUT2D eigenvalue weighted by Crippen LogP contribution is 2.20. The number of nitrogens with one attached hydrogen (secondary N) is 1. The maximum Gasteiger partial charge on any atom is 0.220 e. The Kier molecular flexibility index (Phi) is 67.6. The normalized spacial score (nSPS) is 12.6. The number of hydrogen-bond acceptors (Lipinski definition) is 3. The summed E-state index contributed by atoms with van der Waals surface area (Å²) in [6.45, 7) is 4.37. The fraction of sp³-hybridized carbons (Fsp3) is 0.958. The third-order valence-electron chi connectivity index (χ3n) is 17.3. The molecule has 0 aliphatic heterocycles. The molecule has 0 radical (unpaired) electrons. The van der Waals surface area contributed by atoms with Crippen LogP contribution in [0, 0.1) is 0 Å². The second-order valence-corrected chi connectivity index (χ2v) is 25.0. The highest BCUT2D eigenvalue weighted by molar-refractivity contribution is 5.76. The monoisotopic (exact) mass is 1070 g/mol. The highest BCUT2D eigenvalue weighted by atomic mass is 16.3. The molecule has 0 aromatic rings. The zero-order valence-corrected chi connectivity index (χ0v) is 52.6. The van der Waals surface area contributed by atoms with Crippen molar-refractivity contribution in [3.8, 4) is 0 Å². The molecule has 0 spiro atoms. The van der Waals surface area contributed by atoms with Gasteiger partial charge in [-0.2, -0.15) is 0 Å². The molecule has 0 saturated heterocycles. The molecule has 0 aromatic heterocycles. The van der Waals surface area contributed by atoms with Crippen molar-refractivity contribution in [2.24, 2.45) is 0 Å². The van der Waals surface area contributed by atoms with Crippen LogP contribution in [0.4, 0.5) is 0 Å². The molecule has 1 amide bonds. The van der Waals surface area contributed by atoms with E-state index in [4.69, 9.17) is 0 Å². The van der Waals surface area contributed by atoms with Crippen molar-refractivity contribution < 1.29 is 15.0 Å². The quantitative estimate of drug-likeness (QED) is 0.0420. The minimum atomic E-state index is -0.837. The molecular weight excluding hydrogens is 927 g/mol. The van der Waals surface area contributed by atoms with E-state index in [-0.39, 0.29) is 12.5 Å². The van der Waals surface area contributed by atoms with Crippen LogP contribution < -0.4 is 5.32 Å². The van der Waals surface area contributed by atoms with Gasteiger partial charge in [-0.3, -0.25) is 4.79 Å². The summed E-state index contributed by atoms with van der Waals surface area (Å²) in [4.78, 5) is 12.5. The summed E-state index contributed by atoms with van der Waals surface area (Å²) in [5.41, 5.74) is 0. The van der Waals surface area contributed by atoms with Crippen molar-refractivity contribution in [2.45, 2.75) is 437 Å². The molecule has 0 aromatic carbocycles. The van der Waals surface area contributed by atoms with Gasteiger partial charge in [0.1, 0.15) is 0 Å².